The van der Waals surface area contributed by atoms with E-state index in [2.05, 4.69) is 12.2 Å². The van der Waals surface area contributed by atoms with Crippen molar-refractivity contribution in [2.75, 3.05) is 0 Å². The average molecular weight is 153 g/mol. The quantitative estimate of drug-likeness (QED) is 0.563. The van der Waals surface area contributed by atoms with Gasteiger partial charge in [-0.2, -0.15) is 0 Å². The topological polar surface area (TPSA) is 12.0 Å². The van der Waals surface area contributed by atoms with Gasteiger partial charge in [0.05, 0.1) is 0 Å². The summed E-state index contributed by atoms with van der Waals surface area (Å²) in [6.07, 6.45) is 10.1. The second-order valence-electron chi connectivity index (χ2n) is 4.43. The van der Waals surface area contributed by atoms with Gasteiger partial charge in [-0.1, -0.05) is 12.8 Å². The van der Waals surface area contributed by atoms with E-state index in [-0.39, 0.29) is 0 Å². The van der Waals surface area contributed by atoms with Crippen LogP contribution in [0.25, 0.3) is 0 Å². The molecule has 1 heteroatoms. The van der Waals surface area contributed by atoms with Crippen molar-refractivity contribution in [2.24, 2.45) is 0 Å². The Morgan fingerprint density at radius 1 is 1.09 bits per heavy atom. The fourth-order valence-corrected chi connectivity index (χ4v) is 2.58. The molecule has 1 heterocycles. The summed E-state index contributed by atoms with van der Waals surface area (Å²) >= 11 is 0. The van der Waals surface area contributed by atoms with Crippen LogP contribution in [0.2, 0.25) is 0 Å². The van der Waals surface area contributed by atoms with Gasteiger partial charge in [-0.3, -0.25) is 0 Å². The summed E-state index contributed by atoms with van der Waals surface area (Å²) < 4.78 is 0. The summed E-state index contributed by atoms with van der Waals surface area (Å²) in [5.41, 5.74) is 0.607. The van der Waals surface area contributed by atoms with Gasteiger partial charge in [0.1, 0.15) is 0 Å². The van der Waals surface area contributed by atoms with Crippen LogP contribution in [-0.2, 0) is 0 Å². The van der Waals surface area contributed by atoms with Crippen LogP contribution in [0.5, 0.6) is 0 Å². The van der Waals surface area contributed by atoms with Gasteiger partial charge in [0, 0.05) is 11.6 Å². The summed E-state index contributed by atoms with van der Waals surface area (Å²) in [7, 11) is 0. The zero-order valence-corrected chi connectivity index (χ0v) is 7.53. The number of nitrogens with one attached hydrogen (secondary N) is 1. The van der Waals surface area contributed by atoms with Gasteiger partial charge in [-0.05, 0) is 39.0 Å². The van der Waals surface area contributed by atoms with E-state index < -0.39 is 0 Å². The summed E-state index contributed by atoms with van der Waals surface area (Å²) in [5, 5.41) is 3.79. The summed E-state index contributed by atoms with van der Waals surface area (Å²) in [6.45, 7) is 2.34. The minimum absolute atomic E-state index is 0.607. The molecule has 11 heavy (non-hydrogen) atoms. The largest absolute Gasteiger partial charge is 0.309 e. The van der Waals surface area contributed by atoms with Crippen LogP contribution < -0.4 is 5.32 Å². The number of hydrogen-bond donors (Lipinski definition) is 1. The molecule has 2 rings (SSSR count). The highest BCUT2D eigenvalue weighted by molar-refractivity contribution is 4.98. The molecule has 1 unspecified atom stereocenters. The van der Waals surface area contributed by atoms with Gasteiger partial charge in [0.2, 0.25) is 0 Å². The minimum Gasteiger partial charge on any atom is -0.309 e. The highest BCUT2D eigenvalue weighted by atomic mass is 15.0. The molecule has 2 fully saturated rings. The van der Waals surface area contributed by atoms with Crippen molar-refractivity contribution in [1.82, 2.24) is 5.32 Å². The normalized spacial score (nSPS) is 36.3. The Balaban J connectivity index is 1.97. The van der Waals surface area contributed by atoms with Crippen molar-refractivity contribution >= 4 is 0 Å². The van der Waals surface area contributed by atoms with Crippen molar-refractivity contribution in [3.8, 4) is 0 Å². The molecule has 0 aromatic rings. The first kappa shape index (κ1) is 7.60. The number of rotatable bonds is 0. The fourth-order valence-electron chi connectivity index (χ4n) is 2.58. The van der Waals surface area contributed by atoms with Gasteiger partial charge >= 0.3 is 0 Å². The molecule has 0 aromatic heterocycles. The van der Waals surface area contributed by atoms with E-state index in [0.717, 1.165) is 6.04 Å². The summed E-state index contributed by atoms with van der Waals surface area (Å²) in [6, 6.07) is 0.776. The third-order valence-electron chi connectivity index (χ3n) is 3.41. The van der Waals surface area contributed by atoms with Crippen LogP contribution in [-0.4, -0.2) is 11.6 Å². The maximum Gasteiger partial charge on any atom is 0.0184 e. The van der Waals surface area contributed by atoms with Gasteiger partial charge in [-0.15, -0.1) is 0 Å². The van der Waals surface area contributed by atoms with E-state index in [4.69, 9.17) is 0 Å². The van der Waals surface area contributed by atoms with E-state index in [1.165, 1.54) is 44.9 Å². The van der Waals surface area contributed by atoms with Crippen LogP contribution >= 0.6 is 0 Å². The van der Waals surface area contributed by atoms with E-state index in [9.17, 15) is 0 Å². The SMILES string of the molecule is CC1CCCCC2(CCC2)N1. The van der Waals surface area contributed by atoms with Crippen molar-refractivity contribution in [3.05, 3.63) is 0 Å². The van der Waals surface area contributed by atoms with Gasteiger partial charge in [0.15, 0.2) is 0 Å². The van der Waals surface area contributed by atoms with Gasteiger partial charge < -0.3 is 5.32 Å². The van der Waals surface area contributed by atoms with E-state index in [1.807, 2.05) is 0 Å². The van der Waals surface area contributed by atoms with Crippen molar-refractivity contribution in [2.45, 2.75) is 63.5 Å². The monoisotopic (exact) mass is 153 g/mol. The fraction of sp³-hybridized carbons (Fsp3) is 1.00. The molecule has 0 bridgehead atoms. The van der Waals surface area contributed by atoms with Crippen LogP contribution in [0.3, 0.4) is 0 Å². The summed E-state index contributed by atoms with van der Waals surface area (Å²) in [4.78, 5) is 0. The van der Waals surface area contributed by atoms with Crippen molar-refractivity contribution in [3.63, 3.8) is 0 Å². The van der Waals surface area contributed by atoms with E-state index >= 15 is 0 Å². The molecule has 1 aliphatic carbocycles. The lowest BCUT2D eigenvalue weighted by Gasteiger charge is -2.43. The maximum atomic E-state index is 3.79. The Morgan fingerprint density at radius 2 is 1.82 bits per heavy atom. The lowest BCUT2D eigenvalue weighted by atomic mass is 9.74. The first-order valence-electron chi connectivity index (χ1n) is 5.08. The molecule has 0 amide bonds. The molecular weight excluding hydrogens is 134 g/mol. The molecule has 1 aliphatic heterocycles. The first-order valence-corrected chi connectivity index (χ1v) is 5.08. The summed E-state index contributed by atoms with van der Waals surface area (Å²) in [5.74, 6) is 0. The minimum atomic E-state index is 0.607. The second kappa shape index (κ2) is 2.78. The second-order valence-corrected chi connectivity index (χ2v) is 4.43. The molecule has 1 spiro atoms. The van der Waals surface area contributed by atoms with E-state index in [1.54, 1.807) is 0 Å². The molecule has 1 N–H and O–H groups in total. The predicted molar refractivity (Wildman–Crippen MR) is 47.6 cm³/mol. The Kier molecular flexibility index (Phi) is 1.92. The van der Waals surface area contributed by atoms with Gasteiger partial charge in [-0.25, -0.2) is 0 Å². The Bertz CT molecular complexity index is 138. The predicted octanol–water partition coefficient (Wildman–Crippen LogP) is 2.46. The van der Waals surface area contributed by atoms with Gasteiger partial charge in [0.25, 0.3) is 0 Å². The van der Waals surface area contributed by atoms with Crippen LogP contribution in [0.15, 0.2) is 0 Å². The molecule has 1 nitrogen and oxygen atoms in total. The van der Waals surface area contributed by atoms with Crippen molar-refractivity contribution in [1.29, 1.82) is 0 Å². The van der Waals surface area contributed by atoms with E-state index in [0.29, 0.717) is 5.54 Å². The lowest BCUT2D eigenvalue weighted by molar-refractivity contribution is 0.163. The number of hydrogen-bond acceptors (Lipinski definition) is 1. The molecule has 0 aromatic carbocycles. The van der Waals surface area contributed by atoms with Crippen LogP contribution in [0, 0.1) is 0 Å². The third kappa shape index (κ3) is 1.44. The Hall–Kier alpha value is -0.0400. The molecule has 0 radical (unpaired) electrons. The molecule has 1 atom stereocenters. The zero-order valence-electron chi connectivity index (χ0n) is 7.53. The standard InChI is InChI=1S/C10H19N/c1-9-5-2-3-6-10(11-9)7-4-8-10/h9,11H,2-8H2,1H3. The molecule has 2 aliphatic rings. The average Bonchev–Trinajstić information content (AvgIpc) is 2.09. The van der Waals surface area contributed by atoms with Crippen LogP contribution in [0.1, 0.15) is 51.9 Å². The first-order chi connectivity index (χ1) is 5.31. The van der Waals surface area contributed by atoms with Crippen LogP contribution in [0.4, 0.5) is 0 Å². The highest BCUT2D eigenvalue weighted by Crippen LogP contribution is 2.38. The maximum absolute atomic E-state index is 3.79. The highest BCUT2D eigenvalue weighted by Gasteiger charge is 2.37. The molecule has 1 saturated heterocycles. The lowest BCUT2D eigenvalue weighted by Crippen LogP contribution is -2.53. The molecule has 1 saturated carbocycles. The van der Waals surface area contributed by atoms with Crippen molar-refractivity contribution < 1.29 is 0 Å². The molecule has 64 valence electrons. The smallest absolute Gasteiger partial charge is 0.0184 e. The zero-order chi connectivity index (χ0) is 7.73. The Labute approximate surface area is 69.6 Å². The Morgan fingerprint density at radius 3 is 2.45 bits per heavy atom. The molecular formula is C10H19N. The third-order valence-corrected chi connectivity index (χ3v) is 3.41.